The molecule has 1 aliphatic rings. The van der Waals surface area contributed by atoms with Gasteiger partial charge in [-0.2, -0.15) is 0 Å². The third-order valence-electron chi connectivity index (χ3n) is 4.20. The fourth-order valence-electron chi connectivity index (χ4n) is 2.84. The number of carbonyl (C=O) groups excluding carboxylic acids is 2. The summed E-state index contributed by atoms with van der Waals surface area (Å²) in [6, 6.07) is 6.18. The van der Waals surface area contributed by atoms with Crippen LogP contribution in [0.5, 0.6) is 0 Å². The van der Waals surface area contributed by atoms with Gasteiger partial charge in [0.1, 0.15) is 0 Å². The van der Waals surface area contributed by atoms with Crippen molar-refractivity contribution in [3.8, 4) is 0 Å². The van der Waals surface area contributed by atoms with Crippen molar-refractivity contribution >= 4 is 11.8 Å². The van der Waals surface area contributed by atoms with Crippen molar-refractivity contribution in [2.75, 3.05) is 6.54 Å². The molecule has 4 nitrogen and oxygen atoms in total. The summed E-state index contributed by atoms with van der Waals surface area (Å²) in [5.74, 6) is -1.03. The highest BCUT2D eigenvalue weighted by molar-refractivity contribution is 6.34. The second kappa shape index (κ2) is 5.65. The van der Waals surface area contributed by atoms with Gasteiger partial charge in [-0.15, -0.1) is 0 Å². The molecule has 0 radical (unpaired) electrons. The average molecular weight is 274 g/mol. The molecule has 1 fully saturated rings. The normalized spacial score (nSPS) is 22.6. The van der Waals surface area contributed by atoms with Crippen molar-refractivity contribution in [3.63, 3.8) is 0 Å². The molecule has 1 aromatic rings. The Morgan fingerprint density at radius 2 is 1.90 bits per heavy atom. The van der Waals surface area contributed by atoms with E-state index in [1.165, 1.54) is 11.1 Å². The van der Waals surface area contributed by atoms with Crippen molar-refractivity contribution < 1.29 is 9.59 Å². The molecular formula is C16H22N2O2. The van der Waals surface area contributed by atoms with Crippen molar-refractivity contribution in [3.05, 3.63) is 34.9 Å². The van der Waals surface area contributed by atoms with Gasteiger partial charge in [0, 0.05) is 6.54 Å². The molecule has 20 heavy (non-hydrogen) atoms. The number of hydrogen-bond donors (Lipinski definition) is 1. The van der Waals surface area contributed by atoms with Gasteiger partial charge in [-0.1, -0.05) is 25.1 Å². The second-order valence-corrected chi connectivity index (χ2v) is 5.86. The highest BCUT2D eigenvalue weighted by Gasteiger charge is 2.33. The van der Waals surface area contributed by atoms with Crippen LogP contribution in [0, 0.1) is 19.8 Å². The average Bonchev–Trinajstić information content (AvgIpc) is 2.41. The van der Waals surface area contributed by atoms with Gasteiger partial charge in [-0.3, -0.25) is 9.59 Å². The van der Waals surface area contributed by atoms with Gasteiger partial charge in [-0.25, -0.2) is 0 Å². The minimum Gasteiger partial charge on any atom is -0.361 e. The fraction of sp³-hybridized carbons (Fsp3) is 0.500. The number of primary amides is 1. The van der Waals surface area contributed by atoms with E-state index in [2.05, 4.69) is 32.9 Å². The maximum absolute atomic E-state index is 12.0. The van der Waals surface area contributed by atoms with Crippen LogP contribution in [0.1, 0.15) is 42.5 Å². The zero-order chi connectivity index (χ0) is 14.9. The Kier molecular flexibility index (Phi) is 4.12. The topological polar surface area (TPSA) is 63.4 Å². The van der Waals surface area contributed by atoms with Crippen LogP contribution in [0.2, 0.25) is 0 Å². The quantitative estimate of drug-likeness (QED) is 0.797. The molecule has 0 aromatic heterocycles. The summed E-state index contributed by atoms with van der Waals surface area (Å²) < 4.78 is 0. The van der Waals surface area contributed by atoms with E-state index < -0.39 is 11.8 Å². The summed E-state index contributed by atoms with van der Waals surface area (Å²) >= 11 is 0. The van der Waals surface area contributed by atoms with Gasteiger partial charge in [0.05, 0.1) is 6.04 Å². The molecule has 1 saturated heterocycles. The number of piperidine rings is 1. The fourth-order valence-corrected chi connectivity index (χ4v) is 2.84. The summed E-state index contributed by atoms with van der Waals surface area (Å²) in [6.45, 7) is 6.82. The molecule has 1 aliphatic heterocycles. The van der Waals surface area contributed by atoms with Crippen molar-refractivity contribution in [2.24, 2.45) is 11.7 Å². The summed E-state index contributed by atoms with van der Waals surface area (Å²) in [5.41, 5.74) is 8.70. The monoisotopic (exact) mass is 274 g/mol. The molecule has 2 atom stereocenters. The van der Waals surface area contributed by atoms with Crippen LogP contribution in [0.3, 0.4) is 0 Å². The van der Waals surface area contributed by atoms with Crippen LogP contribution >= 0.6 is 0 Å². The summed E-state index contributed by atoms with van der Waals surface area (Å²) in [7, 11) is 0. The molecule has 2 N–H and O–H groups in total. The number of benzene rings is 1. The predicted octanol–water partition coefficient (Wildman–Crippen LogP) is 2.09. The molecule has 0 saturated carbocycles. The lowest BCUT2D eigenvalue weighted by atomic mass is 9.88. The van der Waals surface area contributed by atoms with Crippen LogP contribution in [-0.4, -0.2) is 23.3 Å². The molecule has 1 heterocycles. The molecule has 0 bridgehead atoms. The highest BCUT2D eigenvalue weighted by Crippen LogP contribution is 2.34. The molecule has 2 rings (SSSR count). The maximum Gasteiger partial charge on any atom is 0.312 e. The van der Waals surface area contributed by atoms with Gasteiger partial charge in [0.15, 0.2) is 0 Å². The summed E-state index contributed by atoms with van der Waals surface area (Å²) in [6.07, 6.45) is 1.93. The van der Waals surface area contributed by atoms with E-state index in [9.17, 15) is 9.59 Å². The van der Waals surface area contributed by atoms with Crippen LogP contribution in [0.4, 0.5) is 0 Å². The first-order chi connectivity index (χ1) is 9.40. The van der Waals surface area contributed by atoms with Gasteiger partial charge < -0.3 is 10.6 Å². The lowest BCUT2D eigenvalue weighted by molar-refractivity contribution is -0.147. The minimum atomic E-state index is -0.868. The van der Waals surface area contributed by atoms with Gasteiger partial charge in [-0.05, 0) is 49.3 Å². The summed E-state index contributed by atoms with van der Waals surface area (Å²) in [4.78, 5) is 24.9. The van der Waals surface area contributed by atoms with Crippen LogP contribution < -0.4 is 5.73 Å². The van der Waals surface area contributed by atoms with Crippen molar-refractivity contribution in [1.29, 1.82) is 0 Å². The first-order valence-corrected chi connectivity index (χ1v) is 7.07. The van der Waals surface area contributed by atoms with E-state index in [4.69, 9.17) is 5.73 Å². The Balaban J connectivity index is 2.33. The molecule has 108 valence electrons. The lowest BCUT2D eigenvalue weighted by Crippen LogP contribution is -2.46. The molecule has 0 aliphatic carbocycles. The Hall–Kier alpha value is -1.84. The molecular weight excluding hydrogens is 252 g/mol. The number of nitrogens with two attached hydrogens (primary N) is 1. The number of likely N-dealkylation sites (tertiary alicyclic amines) is 1. The molecule has 0 spiro atoms. The second-order valence-electron chi connectivity index (χ2n) is 5.86. The Bertz CT molecular complexity index is 539. The van der Waals surface area contributed by atoms with E-state index in [0.29, 0.717) is 12.5 Å². The standard InChI is InChI=1S/C16H22N2O2/c1-10-4-7-14(18(9-10)16(20)15(17)19)13-6-5-11(2)12(3)8-13/h5-6,8,10,14H,4,7,9H2,1-3H3,(H2,17,19). The Morgan fingerprint density at radius 1 is 1.20 bits per heavy atom. The van der Waals surface area contributed by atoms with Crippen molar-refractivity contribution in [1.82, 2.24) is 4.90 Å². The largest absolute Gasteiger partial charge is 0.361 e. The number of carbonyl (C=O) groups is 2. The zero-order valence-corrected chi connectivity index (χ0v) is 12.3. The first kappa shape index (κ1) is 14.6. The van der Waals surface area contributed by atoms with Crippen molar-refractivity contribution in [2.45, 2.75) is 39.7 Å². The van der Waals surface area contributed by atoms with Gasteiger partial charge >= 0.3 is 11.8 Å². The molecule has 2 unspecified atom stereocenters. The van der Waals surface area contributed by atoms with E-state index in [-0.39, 0.29) is 6.04 Å². The molecule has 2 amide bonds. The third kappa shape index (κ3) is 2.84. The summed E-state index contributed by atoms with van der Waals surface area (Å²) in [5, 5.41) is 0. The van der Waals surface area contributed by atoms with E-state index >= 15 is 0 Å². The zero-order valence-electron chi connectivity index (χ0n) is 12.3. The minimum absolute atomic E-state index is 0.0366. The van der Waals surface area contributed by atoms with E-state index in [1.807, 2.05) is 6.07 Å². The maximum atomic E-state index is 12.0. The van der Waals surface area contributed by atoms with Gasteiger partial charge in [0.25, 0.3) is 0 Å². The number of nitrogens with zero attached hydrogens (tertiary/aromatic N) is 1. The SMILES string of the molecule is Cc1ccc(C2CCC(C)CN2C(=O)C(N)=O)cc1C. The van der Waals surface area contributed by atoms with Crippen LogP contribution in [-0.2, 0) is 9.59 Å². The molecule has 1 aromatic carbocycles. The number of hydrogen-bond acceptors (Lipinski definition) is 2. The predicted molar refractivity (Wildman–Crippen MR) is 78.0 cm³/mol. The van der Waals surface area contributed by atoms with E-state index in [0.717, 1.165) is 18.4 Å². The smallest absolute Gasteiger partial charge is 0.312 e. The Morgan fingerprint density at radius 3 is 2.50 bits per heavy atom. The van der Waals surface area contributed by atoms with Crippen LogP contribution in [0.15, 0.2) is 18.2 Å². The van der Waals surface area contributed by atoms with Gasteiger partial charge in [0.2, 0.25) is 0 Å². The molecule has 4 heteroatoms. The van der Waals surface area contributed by atoms with Crippen LogP contribution in [0.25, 0.3) is 0 Å². The number of rotatable bonds is 1. The Labute approximate surface area is 119 Å². The third-order valence-corrected chi connectivity index (χ3v) is 4.20. The van der Waals surface area contributed by atoms with E-state index in [1.54, 1.807) is 4.90 Å². The lowest BCUT2D eigenvalue weighted by Gasteiger charge is -2.38. The first-order valence-electron chi connectivity index (χ1n) is 7.07. The number of amides is 2. The number of aryl methyl sites for hydroxylation is 2. The highest BCUT2D eigenvalue weighted by atomic mass is 16.2.